The number of rotatable bonds is 8. The van der Waals surface area contributed by atoms with Gasteiger partial charge in [0, 0.05) is 12.5 Å². The number of hydrogen-bond acceptors (Lipinski definition) is 4. The summed E-state index contributed by atoms with van der Waals surface area (Å²) in [6, 6.07) is 2.01. The number of unbranched alkanes of at least 4 members (excludes halogenated alkanes) is 2. The lowest BCUT2D eigenvalue weighted by atomic mass is 10.1. The van der Waals surface area contributed by atoms with Crippen LogP contribution in [0.1, 0.15) is 46.0 Å². The first kappa shape index (κ1) is 19.5. The van der Waals surface area contributed by atoms with Gasteiger partial charge in [-0.1, -0.05) is 26.8 Å². The van der Waals surface area contributed by atoms with E-state index in [4.69, 9.17) is 10.4 Å². The Kier molecular flexibility index (Phi) is 14.6. The second-order valence-electron chi connectivity index (χ2n) is 4.01. The van der Waals surface area contributed by atoms with Gasteiger partial charge in [0.05, 0.1) is 18.6 Å². The van der Waals surface area contributed by atoms with Crippen molar-refractivity contribution in [2.24, 2.45) is 5.92 Å². The number of carboxylic acids is 1. The summed E-state index contributed by atoms with van der Waals surface area (Å²) in [7, 11) is 0. The van der Waals surface area contributed by atoms with Crippen molar-refractivity contribution in [3.63, 3.8) is 0 Å². The Bertz CT molecular complexity index is 307. The van der Waals surface area contributed by atoms with Crippen LogP contribution < -0.4 is 0 Å². The summed E-state index contributed by atoms with van der Waals surface area (Å²) < 4.78 is 4.67. The second kappa shape index (κ2) is 14.2. The Hall–Kier alpha value is -1.83. The smallest absolute Gasteiger partial charge is 0.330 e. The quantitative estimate of drug-likeness (QED) is 0.416. The minimum absolute atomic E-state index is 0.167. The number of esters is 1. The number of carbonyl (C=O) groups is 2. The Morgan fingerprint density at radius 3 is 2.47 bits per heavy atom. The predicted molar refractivity (Wildman–Crippen MR) is 72.3 cm³/mol. The molecule has 0 aliphatic heterocycles. The van der Waals surface area contributed by atoms with Crippen molar-refractivity contribution in [1.29, 1.82) is 5.26 Å². The second-order valence-corrected chi connectivity index (χ2v) is 4.01. The van der Waals surface area contributed by atoms with Crippen LogP contribution in [0.25, 0.3) is 0 Å². The molecule has 0 radical (unpaired) electrons. The lowest BCUT2D eigenvalue weighted by molar-refractivity contribution is -0.141. The van der Waals surface area contributed by atoms with E-state index in [-0.39, 0.29) is 5.92 Å². The molecule has 0 saturated heterocycles. The number of hydrogen-bond donors (Lipinski definition) is 1. The highest BCUT2D eigenvalue weighted by Gasteiger charge is 2.07. The molecule has 5 heteroatoms. The van der Waals surface area contributed by atoms with Gasteiger partial charge in [0.2, 0.25) is 0 Å². The van der Waals surface area contributed by atoms with Crippen LogP contribution in [0, 0.1) is 17.2 Å². The van der Waals surface area contributed by atoms with Crippen molar-refractivity contribution in [3.8, 4) is 6.07 Å². The van der Waals surface area contributed by atoms with Crippen LogP contribution in [0.4, 0.5) is 0 Å². The summed E-state index contributed by atoms with van der Waals surface area (Å²) in [6.45, 7) is 7.34. The van der Waals surface area contributed by atoms with Crippen molar-refractivity contribution >= 4 is 11.9 Å². The largest absolute Gasteiger partial charge is 0.481 e. The molecule has 0 rings (SSSR count). The molecule has 1 N–H and O–H groups in total. The molecular weight excluding hydrogens is 246 g/mol. The maximum atomic E-state index is 10.4. The first-order chi connectivity index (χ1) is 8.99. The molecule has 0 fully saturated rings. The molecule has 0 amide bonds. The molecule has 5 nitrogen and oxygen atoms in total. The van der Waals surface area contributed by atoms with Gasteiger partial charge in [-0.05, 0) is 19.3 Å². The monoisotopic (exact) mass is 269 g/mol. The van der Waals surface area contributed by atoms with E-state index in [1.54, 1.807) is 6.92 Å². The van der Waals surface area contributed by atoms with Crippen LogP contribution in [0.5, 0.6) is 0 Å². The fourth-order valence-electron chi connectivity index (χ4n) is 1.09. The maximum absolute atomic E-state index is 10.4. The first-order valence-electron chi connectivity index (χ1n) is 6.38. The SMILES string of the molecule is C=CC(=O)OCCCCC#N.CCCC(C)C(=O)O. The molecule has 1 atom stereocenters. The Morgan fingerprint density at radius 1 is 1.47 bits per heavy atom. The van der Waals surface area contributed by atoms with Crippen LogP contribution in [0.15, 0.2) is 12.7 Å². The minimum Gasteiger partial charge on any atom is -0.481 e. The van der Waals surface area contributed by atoms with Gasteiger partial charge in [-0.15, -0.1) is 0 Å². The summed E-state index contributed by atoms with van der Waals surface area (Å²) in [5.74, 6) is -1.26. The normalized spacial score (nSPS) is 10.4. The summed E-state index contributed by atoms with van der Waals surface area (Å²) in [6.07, 6.45) is 4.91. The molecule has 19 heavy (non-hydrogen) atoms. The average Bonchev–Trinajstić information content (AvgIpc) is 2.39. The van der Waals surface area contributed by atoms with Gasteiger partial charge in [0.15, 0.2) is 0 Å². The van der Waals surface area contributed by atoms with E-state index in [0.29, 0.717) is 13.0 Å². The number of aliphatic carboxylic acids is 1. The number of carbonyl (C=O) groups excluding carboxylic acids is 1. The van der Waals surface area contributed by atoms with Gasteiger partial charge < -0.3 is 9.84 Å². The highest BCUT2D eigenvalue weighted by molar-refractivity contribution is 5.81. The third kappa shape index (κ3) is 16.2. The van der Waals surface area contributed by atoms with Crippen molar-refractivity contribution in [3.05, 3.63) is 12.7 Å². The molecule has 0 aliphatic carbocycles. The molecule has 108 valence electrons. The average molecular weight is 269 g/mol. The Morgan fingerprint density at radius 2 is 2.11 bits per heavy atom. The summed E-state index contributed by atoms with van der Waals surface area (Å²) >= 11 is 0. The van der Waals surface area contributed by atoms with Crippen LogP contribution in [0.3, 0.4) is 0 Å². The zero-order valence-corrected chi connectivity index (χ0v) is 11.7. The highest BCUT2D eigenvalue weighted by atomic mass is 16.5. The third-order valence-corrected chi connectivity index (χ3v) is 2.24. The predicted octanol–water partition coefficient (Wildman–Crippen LogP) is 2.92. The van der Waals surface area contributed by atoms with Crippen LogP contribution in [-0.2, 0) is 14.3 Å². The summed E-state index contributed by atoms with van der Waals surface area (Å²) in [5.41, 5.74) is 0. The Balaban J connectivity index is 0. The summed E-state index contributed by atoms with van der Waals surface area (Å²) in [5, 5.41) is 16.5. The fourth-order valence-corrected chi connectivity index (χ4v) is 1.09. The molecule has 0 spiro atoms. The topological polar surface area (TPSA) is 87.4 Å². The molecule has 0 aromatic rings. The van der Waals surface area contributed by atoms with E-state index >= 15 is 0 Å². The molecule has 0 bridgehead atoms. The van der Waals surface area contributed by atoms with E-state index in [2.05, 4.69) is 11.3 Å². The van der Waals surface area contributed by atoms with Crippen LogP contribution in [-0.4, -0.2) is 23.7 Å². The number of nitrogens with zero attached hydrogens (tertiary/aromatic N) is 1. The van der Waals surface area contributed by atoms with Gasteiger partial charge in [0.1, 0.15) is 0 Å². The van der Waals surface area contributed by atoms with Crippen molar-refractivity contribution in [2.45, 2.75) is 46.0 Å². The van der Waals surface area contributed by atoms with Crippen molar-refractivity contribution in [1.82, 2.24) is 0 Å². The molecule has 0 aromatic heterocycles. The maximum Gasteiger partial charge on any atom is 0.330 e. The van der Waals surface area contributed by atoms with Gasteiger partial charge in [0.25, 0.3) is 0 Å². The van der Waals surface area contributed by atoms with Crippen LogP contribution >= 0.6 is 0 Å². The van der Waals surface area contributed by atoms with E-state index in [1.165, 1.54) is 0 Å². The number of carboxylic acid groups (broad SMARTS) is 1. The first-order valence-corrected chi connectivity index (χ1v) is 6.38. The molecule has 1 unspecified atom stereocenters. The lowest BCUT2D eigenvalue weighted by Crippen LogP contribution is -2.08. The van der Waals surface area contributed by atoms with Gasteiger partial charge in [-0.3, -0.25) is 4.79 Å². The summed E-state index contributed by atoms with van der Waals surface area (Å²) in [4.78, 5) is 20.5. The van der Waals surface area contributed by atoms with E-state index < -0.39 is 11.9 Å². The standard InChI is InChI=1S/C8H11NO2.C6H12O2/c1-2-8(10)11-7-5-3-4-6-9;1-3-4-5(2)6(7)8/h2H,1,3-5,7H2;5H,3-4H2,1-2H3,(H,7,8). The molecular formula is C14H23NO4. The van der Waals surface area contributed by atoms with Crippen molar-refractivity contribution < 1.29 is 19.4 Å². The van der Waals surface area contributed by atoms with Gasteiger partial charge >= 0.3 is 11.9 Å². The molecule has 0 aromatic carbocycles. The zero-order chi connectivity index (χ0) is 15.1. The fraction of sp³-hybridized carbons (Fsp3) is 0.643. The van der Waals surface area contributed by atoms with Crippen molar-refractivity contribution in [2.75, 3.05) is 6.61 Å². The van der Waals surface area contributed by atoms with E-state index in [1.807, 2.05) is 13.0 Å². The Labute approximate surface area is 114 Å². The van der Waals surface area contributed by atoms with E-state index in [9.17, 15) is 9.59 Å². The van der Waals surface area contributed by atoms with Crippen LogP contribution in [0.2, 0.25) is 0 Å². The zero-order valence-electron chi connectivity index (χ0n) is 11.7. The molecule has 0 saturated carbocycles. The van der Waals surface area contributed by atoms with Gasteiger partial charge in [-0.25, -0.2) is 4.79 Å². The number of ether oxygens (including phenoxy) is 1. The minimum atomic E-state index is -0.688. The van der Waals surface area contributed by atoms with Gasteiger partial charge in [-0.2, -0.15) is 5.26 Å². The molecule has 0 heterocycles. The number of nitriles is 1. The lowest BCUT2D eigenvalue weighted by Gasteiger charge is -2.00. The third-order valence-electron chi connectivity index (χ3n) is 2.24. The highest BCUT2D eigenvalue weighted by Crippen LogP contribution is 2.03. The molecule has 0 aliphatic rings. The van der Waals surface area contributed by atoms with E-state index in [0.717, 1.165) is 31.8 Å².